The van der Waals surface area contributed by atoms with Gasteiger partial charge in [0.1, 0.15) is 5.82 Å². The van der Waals surface area contributed by atoms with Crippen molar-refractivity contribution in [3.8, 4) is 11.1 Å². The van der Waals surface area contributed by atoms with E-state index in [9.17, 15) is 4.39 Å². The van der Waals surface area contributed by atoms with Crippen LogP contribution in [0.4, 0.5) is 4.39 Å². The van der Waals surface area contributed by atoms with Crippen LogP contribution in [0.1, 0.15) is 54.6 Å². The zero-order chi connectivity index (χ0) is 18.8. The third-order valence-electron chi connectivity index (χ3n) is 4.78. The highest BCUT2D eigenvalue weighted by molar-refractivity contribution is 9.08. The van der Waals surface area contributed by atoms with Crippen LogP contribution >= 0.6 is 27.5 Å². The molecule has 1 aliphatic carbocycles. The molecule has 138 valence electrons. The second kappa shape index (κ2) is 8.20. The number of allylic oxidation sites excluding steroid dienone is 1. The maximum atomic E-state index is 13.6. The molecule has 0 saturated heterocycles. The van der Waals surface area contributed by atoms with Crippen molar-refractivity contribution in [1.82, 2.24) is 4.98 Å². The summed E-state index contributed by atoms with van der Waals surface area (Å²) < 4.78 is 19.1. The maximum absolute atomic E-state index is 13.6. The predicted octanol–water partition coefficient (Wildman–Crippen LogP) is 6.88. The molecule has 1 aromatic heterocycles. The Hall–Kier alpha value is -1.23. The van der Waals surface area contributed by atoms with Crippen LogP contribution < -0.4 is 0 Å². The smallest absolute Gasteiger partial charge is 0.124 e. The van der Waals surface area contributed by atoms with Gasteiger partial charge in [-0.05, 0) is 54.2 Å². The molecule has 0 radical (unpaired) electrons. The van der Waals surface area contributed by atoms with Crippen molar-refractivity contribution in [2.75, 3.05) is 7.11 Å². The quantitative estimate of drug-likeness (QED) is 0.439. The van der Waals surface area contributed by atoms with Gasteiger partial charge in [-0.15, -0.1) is 0 Å². The molecule has 0 aliphatic heterocycles. The van der Waals surface area contributed by atoms with E-state index in [1.807, 2.05) is 0 Å². The Labute approximate surface area is 167 Å². The largest absolute Gasteiger partial charge is 0.380 e. The predicted molar refractivity (Wildman–Crippen MR) is 109 cm³/mol. The summed E-state index contributed by atoms with van der Waals surface area (Å²) in [4.78, 5) is 5.00. The van der Waals surface area contributed by atoms with Gasteiger partial charge in [0.05, 0.1) is 17.3 Å². The average molecular weight is 439 g/mol. The number of benzene rings is 1. The van der Waals surface area contributed by atoms with E-state index in [-0.39, 0.29) is 5.82 Å². The van der Waals surface area contributed by atoms with Crippen molar-refractivity contribution >= 4 is 33.1 Å². The van der Waals surface area contributed by atoms with E-state index >= 15 is 0 Å². The van der Waals surface area contributed by atoms with Crippen LogP contribution in [0.25, 0.3) is 16.7 Å². The molecule has 0 amide bonds. The Bertz CT molecular complexity index is 848. The molecule has 0 unspecified atom stereocenters. The van der Waals surface area contributed by atoms with Gasteiger partial charge in [-0.3, -0.25) is 4.98 Å². The van der Waals surface area contributed by atoms with Crippen molar-refractivity contribution in [2.24, 2.45) is 0 Å². The van der Waals surface area contributed by atoms with E-state index in [4.69, 9.17) is 21.3 Å². The first kappa shape index (κ1) is 19.5. The molecule has 1 fully saturated rings. The topological polar surface area (TPSA) is 22.1 Å². The lowest BCUT2D eigenvalue weighted by Gasteiger charge is -2.22. The first-order valence-corrected chi connectivity index (χ1v) is 10.3. The molecule has 1 saturated carbocycles. The van der Waals surface area contributed by atoms with Gasteiger partial charge < -0.3 is 4.74 Å². The van der Waals surface area contributed by atoms with Crippen molar-refractivity contribution in [1.29, 1.82) is 0 Å². The minimum atomic E-state index is -0.345. The summed E-state index contributed by atoms with van der Waals surface area (Å²) >= 11 is 10.1. The number of pyridine rings is 1. The maximum Gasteiger partial charge on any atom is 0.124 e. The Morgan fingerprint density at radius 2 is 2.12 bits per heavy atom. The van der Waals surface area contributed by atoms with Gasteiger partial charge >= 0.3 is 0 Å². The molecular formula is C21H22BrClFNO. The van der Waals surface area contributed by atoms with E-state index < -0.39 is 0 Å². The van der Waals surface area contributed by atoms with Crippen LogP contribution in [0.2, 0.25) is 5.02 Å². The second-order valence-electron chi connectivity index (χ2n) is 6.60. The Morgan fingerprint density at radius 3 is 2.65 bits per heavy atom. The number of ether oxygens (including phenoxy) is 1. The summed E-state index contributed by atoms with van der Waals surface area (Å²) in [6, 6.07) is 4.55. The molecule has 2 aromatic rings. The molecule has 0 N–H and O–H groups in total. The van der Waals surface area contributed by atoms with Crippen molar-refractivity contribution in [3.63, 3.8) is 0 Å². The lowest BCUT2D eigenvalue weighted by Crippen LogP contribution is -2.09. The Morgan fingerprint density at radius 1 is 1.38 bits per heavy atom. The first-order chi connectivity index (χ1) is 12.5. The average Bonchev–Trinajstić information content (AvgIpc) is 3.46. The fourth-order valence-corrected chi connectivity index (χ4v) is 4.11. The van der Waals surface area contributed by atoms with Crippen LogP contribution in [-0.2, 0) is 16.7 Å². The van der Waals surface area contributed by atoms with E-state index in [1.54, 1.807) is 13.2 Å². The number of methoxy groups -OCH3 is 1. The van der Waals surface area contributed by atoms with Crippen LogP contribution in [0.15, 0.2) is 24.8 Å². The van der Waals surface area contributed by atoms with Crippen LogP contribution in [0, 0.1) is 5.82 Å². The molecule has 0 atom stereocenters. The van der Waals surface area contributed by atoms with E-state index in [0.29, 0.717) is 22.9 Å². The van der Waals surface area contributed by atoms with Gasteiger partial charge in [0, 0.05) is 35.2 Å². The van der Waals surface area contributed by atoms with Crippen molar-refractivity contribution < 1.29 is 9.13 Å². The van der Waals surface area contributed by atoms with Crippen LogP contribution in [0.3, 0.4) is 0 Å². The molecule has 1 aromatic carbocycles. The molecular weight excluding hydrogens is 417 g/mol. The zero-order valence-corrected chi connectivity index (χ0v) is 17.4. The lowest BCUT2D eigenvalue weighted by atomic mass is 9.90. The number of hydrogen-bond acceptors (Lipinski definition) is 2. The minimum Gasteiger partial charge on any atom is -0.380 e. The number of aromatic nitrogens is 1. The summed E-state index contributed by atoms with van der Waals surface area (Å²) in [6.07, 6.45) is 3.09. The number of rotatable bonds is 7. The molecule has 0 bridgehead atoms. The Kier molecular flexibility index (Phi) is 6.16. The second-order valence-corrected chi connectivity index (χ2v) is 7.57. The van der Waals surface area contributed by atoms with Gasteiger partial charge in [0.2, 0.25) is 0 Å². The van der Waals surface area contributed by atoms with Gasteiger partial charge in [-0.2, -0.15) is 0 Å². The standard InChI is InChI=1S/C21H22BrClFNO/c1-4-12(2)20-17(11-26-3)19(15-8-7-14(24)9-18(15)23)16(10-22)21(25-20)13-5-6-13/h7-9,13H,2,4-6,10-11H2,1,3H3. The molecule has 5 heteroatoms. The fourth-order valence-electron chi connectivity index (χ4n) is 3.28. The minimum absolute atomic E-state index is 0.345. The third-order valence-corrected chi connectivity index (χ3v) is 5.65. The number of alkyl halides is 1. The number of nitrogens with zero attached hydrogens (tertiary/aromatic N) is 1. The summed E-state index contributed by atoms with van der Waals surface area (Å²) in [5.74, 6) is 0.127. The van der Waals surface area contributed by atoms with Crippen LogP contribution in [0.5, 0.6) is 0 Å². The van der Waals surface area contributed by atoms with Crippen LogP contribution in [-0.4, -0.2) is 12.1 Å². The van der Waals surface area contributed by atoms with Crippen molar-refractivity contribution in [3.05, 3.63) is 58.1 Å². The number of halogens is 3. The summed E-state index contributed by atoms with van der Waals surface area (Å²) in [5.41, 5.74) is 6.84. The molecule has 0 spiro atoms. The highest BCUT2D eigenvalue weighted by Gasteiger charge is 2.32. The number of hydrogen-bond donors (Lipinski definition) is 0. The van der Waals surface area contributed by atoms with Gasteiger partial charge in [-0.25, -0.2) is 4.39 Å². The van der Waals surface area contributed by atoms with Gasteiger partial charge in [0.25, 0.3) is 0 Å². The SMILES string of the molecule is C=C(CC)c1nc(C2CC2)c(CBr)c(-c2ccc(F)cc2Cl)c1COC. The molecule has 2 nitrogen and oxygen atoms in total. The fraction of sp³-hybridized carbons (Fsp3) is 0.381. The van der Waals surface area contributed by atoms with E-state index in [2.05, 4.69) is 29.4 Å². The van der Waals surface area contributed by atoms with E-state index in [0.717, 1.165) is 58.5 Å². The highest BCUT2D eigenvalue weighted by atomic mass is 79.9. The molecule has 26 heavy (non-hydrogen) atoms. The normalized spacial score (nSPS) is 13.9. The molecule has 1 aliphatic rings. The Balaban J connectivity index is 2.37. The lowest BCUT2D eigenvalue weighted by molar-refractivity contribution is 0.184. The third kappa shape index (κ3) is 3.73. The van der Waals surface area contributed by atoms with Gasteiger partial charge in [-0.1, -0.05) is 41.0 Å². The highest BCUT2D eigenvalue weighted by Crippen LogP contribution is 2.47. The van der Waals surface area contributed by atoms with Gasteiger partial charge in [0.15, 0.2) is 0 Å². The summed E-state index contributed by atoms with van der Waals surface area (Å²) in [6.45, 7) is 6.68. The summed E-state index contributed by atoms with van der Waals surface area (Å²) in [5, 5.41) is 1.05. The molecule has 3 rings (SSSR count). The first-order valence-electron chi connectivity index (χ1n) is 8.75. The zero-order valence-electron chi connectivity index (χ0n) is 15.0. The molecule has 1 heterocycles. The summed E-state index contributed by atoms with van der Waals surface area (Å²) in [7, 11) is 1.66. The van der Waals surface area contributed by atoms with E-state index in [1.165, 1.54) is 12.1 Å². The monoisotopic (exact) mass is 437 g/mol. The van der Waals surface area contributed by atoms with Crippen molar-refractivity contribution in [2.45, 2.75) is 44.0 Å².